The highest BCUT2D eigenvalue weighted by molar-refractivity contribution is 7.92. The second-order valence-electron chi connectivity index (χ2n) is 7.53. The second-order valence-corrected chi connectivity index (χ2v) is 9.44. The van der Waals surface area contributed by atoms with E-state index in [9.17, 15) is 8.42 Å². The Kier molecular flexibility index (Phi) is 4.24. The summed E-state index contributed by atoms with van der Waals surface area (Å²) in [6, 6.07) is 3.86. The number of nitrogens with zero attached hydrogens (tertiary/aromatic N) is 6. The van der Waals surface area contributed by atoms with Gasteiger partial charge in [0.2, 0.25) is 10.0 Å². The maximum absolute atomic E-state index is 12.6. The standard InChI is InChI=1S/C18H23N7O3S/c1-12-11-28-9-8-23(12)15-10-14-18-17(20-15)16(13-4-5-19-21-13)22-24(18)6-3-7-25(14)29(2,26)27/h4-5,10,12H,3,6-9,11H2,1-2H3,(H,19,21)/t12-/m1/s1. The number of aryl methyl sites for hydroxylation is 1. The van der Waals surface area contributed by atoms with Crippen LogP contribution in [0.3, 0.4) is 0 Å². The fourth-order valence-corrected chi connectivity index (χ4v) is 5.07. The Labute approximate surface area is 168 Å². The Balaban J connectivity index is 1.80. The van der Waals surface area contributed by atoms with Crippen molar-refractivity contribution in [1.82, 2.24) is 25.0 Å². The van der Waals surface area contributed by atoms with Crippen LogP contribution in [0.1, 0.15) is 13.3 Å². The number of hydrogen-bond acceptors (Lipinski definition) is 7. The molecule has 5 rings (SSSR count). The third-order valence-corrected chi connectivity index (χ3v) is 6.65. The van der Waals surface area contributed by atoms with E-state index in [-0.39, 0.29) is 6.04 Å². The molecule has 3 aromatic rings. The Hall–Kier alpha value is -2.66. The van der Waals surface area contributed by atoms with Crippen LogP contribution in [0.2, 0.25) is 0 Å². The van der Waals surface area contributed by atoms with Gasteiger partial charge in [-0.2, -0.15) is 10.2 Å². The van der Waals surface area contributed by atoms with E-state index in [1.165, 1.54) is 10.6 Å². The summed E-state index contributed by atoms with van der Waals surface area (Å²) in [5.74, 6) is 0.732. The van der Waals surface area contributed by atoms with E-state index in [1.807, 2.05) is 16.8 Å². The zero-order chi connectivity index (χ0) is 20.2. The molecular weight excluding hydrogens is 394 g/mol. The highest BCUT2D eigenvalue weighted by Crippen LogP contribution is 2.38. The molecule has 2 aliphatic rings. The average molecular weight is 417 g/mol. The van der Waals surface area contributed by atoms with E-state index >= 15 is 0 Å². The molecule has 2 aliphatic heterocycles. The molecular formula is C18H23N7O3S. The largest absolute Gasteiger partial charge is 0.377 e. The Morgan fingerprint density at radius 2 is 2.14 bits per heavy atom. The molecule has 29 heavy (non-hydrogen) atoms. The van der Waals surface area contributed by atoms with Crippen molar-refractivity contribution in [2.75, 3.05) is 41.8 Å². The van der Waals surface area contributed by atoms with Crippen LogP contribution >= 0.6 is 0 Å². The number of morpholine rings is 1. The van der Waals surface area contributed by atoms with Crippen LogP contribution < -0.4 is 9.21 Å². The Morgan fingerprint density at radius 1 is 1.28 bits per heavy atom. The first kappa shape index (κ1) is 18.4. The minimum Gasteiger partial charge on any atom is -0.377 e. The van der Waals surface area contributed by atoms with Gasteiger partial charge in [-0.05, 0) is 19.4 Å². The van der Waals surface area contributed by atoms with E-state index in [4.69, 9.17) is 14.8 Å². The molecule has 10 nitrogen and oxygen atoms in total. The molecule has 0 amide bonds. The monoisotopic (exact) mass is 417 g/mol. The van der Waals surface area contributed by atoms with Gasteiger partial charge in [0.1, 0.15) is 28.2 Å². The van der Waals surface area contributed by atoms with Gasteiger partial charge in [-0.15, -0.1) is 0 Å². The number of aromatic amines is 1. The first-order valence-electron chi connectivity index (χ1n) is 9.67. The summed E-state index contributed by atoms with van der Waals surface area (Å²) in [4.78, 5) is 7.10. The van der Waals surface area contributed by atoms with Crippen molar-refractivity contribution in [2.24, 2.45) is 0 Å². The molecule has 11 heteroatoms. The Morgan fingerprint density at radius 3 is 2.86 bits per heavy atom. The number of sulfonamides is 1. The highest BCUT2D eigenvalue weighted by atomic mass is 32.2. The molecule has 1 fully saturated rings. The predicted molar refractivity (Wildman–Crippen MR) is 110 cm³/mol. The zero-order valence-electron chi connectivity index (χ0n) is 16.4. The summed E-state index contributed by atoms with van der Waals surface area (Å²) in [5.41, 5.74) is 3.36. The van der Waals surface area contributed by atoms with E-state index < -0.39 is 10.0 Å². The van der Waals surface area contributed by atoms with Crippen LogP contribution in [-0.2, 0) is 21.3 Å². The lowest BCUT2D eigenvalue weighted by Gasteiger charge is -2.35. The van der Waals surface area contributed by atoms with Crippen molar-refractivity contribution in [3.8, 4) is 11.4 Å². The lowest BCUT2D eigenvalue weighted by atomic mass is 10.2. The predicted octanol–water partition coefficient (Wildman–Crippen LogP) is 1.22. The topological polar surface area (TPSA) is 109 Å². The summed E-state index contributed by atoms with van der Waals surface area (Å²) in [6.07, 6.45) is 3.66. The van der Waals surface area contributed by atoms with Gasteiger partial charge < -0.3 is 9.64 Å². The number of aromatic nitrogens is 5. The average Bonchev–Trinajstić information content (AvgIpc) is 3.27. The quantitative estimate of drug-likeness (QED) is 0.682. The van der Waals surface area contributed by atoms with E-state index in [0.29, 0.717) is 61.9 Å². The highest BCUT2D eigenvalue weighted by Gasteiger charge is 2.30. The van der Waals surface area contributed by atoms with Crippen LogP contribution in [0, 0.1) is 0 Å². The molecule has 0 radical (unpaired) electrons. The van der Waals surface area contributed by atoms with Gasteiger partial charge in [0.15, 0.2) is 0 Å². The summed E-state index contributed by atoms with van der Waals surface area (Å²) in [6.45, 7) is 5.03. The van der Waals surface area contributed by atoms with Gasteiger partial charge >= 0.3 is 0 Å². The molecule has 1 saturated heterocycles. The van der Waals surface area contributed by atoms with Crippen molar-refractivity contribution in [3.63, 3.8) is 0 Å². The fourth-order valence-electron chi connectivity index (χ4n) is 4.11. The minimum atomic E-state index is -3.44. The molecule has 0 unspecified atom stereocenters. The van der Waals surface area contributed by atoms with Gasteiger partial charge in [0, 0.05) is 31.9 Å². The smallest absolute Gasteiger partial charge is 0.232 e. The van der Waals surface area contributed by atoms with Crippen molar-refractivity contribution in [2.45, 2.75) is 25.9 Å². The van der Waals surface area contributed by atoms with E-state index in [0.717, 1.165) is 11.3 Å². The molecule has 5 heterocycles. The number of ether oxygens (including phenoxy) is 1. The first-order chi connectivity index (χ1) is 13.9. The third-order valence-electron chi connectivity index (χ3n) is 5.47. The number of hydrogen-bond donors (Lipinski definition) is 1. The molecule has 0 aliphatic carbocycles. The lowest BCUT2D eigenvalue weighted by Crippen LogP contribution is -2.44. The van der Waals surface area contributed by atoms with Gasteiger partial charge in [0.25, 0.3) is 0 Å². The van der Waals surface area contributed by atoms with Crippen molar-refractivity contribution in [1.29, 1.82) is 0 Å². The summed E-state index contributed by atoms with van der Waals surface area (Å²) < 4.78 is 34.1. The molecule has 154 valence electrons. The van der Waals surface area contributed by atoms with Crippen molar-refractivity contribution < 1.29 is 13.2 Å². The number of H-pyrrole nitrogens is 1. The van der Waals surface area contributed by atoms with Gasteiger partial charge in [0.05, 0.1) is 31.2 Å². The summed E-state index contributed by atoms with van der Waals surface area (Å²) in [5, 5.41) is 11.8. The first-order valence-corrected chi connectivity index (χ1v) is 11.5. The zero-order valence-corrected chi connectivity index (χ0v) is 17.2. The number of rotatable bonds is 3. The summed E-state index contributed by atoms with van der Waals surface area (Å²) in [7, 11) is -3.44. The van der Waals surface area contributed by atoms with Crippen molar-refractivity contribution in [3.05, 3.63) is 18.3 Å². The third kappa shape index (κ3) is 3.04. The van der Waals surface area contributed by atoms with Crippen LogP contribution in [0.5, 0.6) is 0 Å². The minimum absolute atomic E-state index is 0.141. The number of nitrogens with one attached hydrogen (secondary N) is 1. The number of anilines is 2. The normalized spacial score (nSPS) is 20.3. The van der Waals surface area contributed by atoms with E-state index in [2.05, 4.69) is 22.0 Å². The van der Waals surface area contributed by atoms with Crippen LogP contribution in [0.4, 0.5) is 11.5 Å². The molecule has 1 atom stereocenters. The molecule has 0 aromatic carbocycles. The lowest BCUT2D eigenvalue weighted by molar-refractivity contribution is 0.0986. The molecule has 0 bridgehead atoms. The van der Waals surface area contributed by atoms with E-state index in [1.54, 1.807) is 6.20 Å². The van der Waals surface area contributed by atoms with Crippen LogP contribution in [0.15, 0.2) is 18.3 Å². The SMILES string of the molecule is C[C@@H]1COCCN1c1cc2c3c(n1)c(-c1cc[nH]n1)nn3CCCN2S(C)(=O)=O. The second kappa shape index (κ2) is 6.70. The van der Waals surface area contributed by atoms with Crippen LogP contribution in [0.25, 0.3) is 22.4 Å². The molecule has 1 N–H and O–H groups in total. The Bertz CT molecular complexity index is 1160. The van der Waals surface area contributed by atoms with Gasteiger partial charge in [-0.3, -0.25) is 14.1 Å². The fraction of sp³-hybridized carbons (Fsp3) is 0.500. The molecule has 0 saturated carbocycles. The van der Waals surface area contributed by atoms with Crippen LogP contribution in [-0.4, -0.2) is 72.0 Å². The number of pyridine rings is 1. The maximum atomic E-state index is 12.6. The van der Waals surface area contributed by atoms with Crippen molar-refractivity contribution >= 4 is 32.6 Å². The summed E-state index contributed by atoms with van der Waals surface area (Å²) >= 11 is 0. The van der Waals surface area contributed by atoms with Gasteiger partial charge in [-0.25, -0.2) is 13.4 Å². The molecule has 3 aromatic heterocycles. The maximum Gasteiger partial charge on any atom is 0.232 e. The van der Waals surface area contributed by atoms with Gasteiger partial charge in [-0.1, -0.05) is 0 Å². The molecule has 0 spiro atoms.